The Bertz CT molecular complexity index is 261. The van der Waals surface area contributed by atoms with Crippen LogP contribution in [0.3, 0.4) is 0 Å². The maximum Gasteiger partial charge on any atom is 0.192 e. The van der Waals surface area contributed by atoms with Crippen LogP contribution in [0, 0.1) is 0 Å². The first-order valence-corrected chi connectivity index (χ1v) is 3.83. The van der Waals surface area contributed by atoms with Gasteiger partial charge in [0.1, 0.15) is 19.0 Å². The Morgan fingerprint density at radius 3 is 2.75 bits per heavy atom. The van der Waals surface area contributed by atoms with Gasteiger partial charge in [-0.05, 0) is 19.4 Å². The standard InChI is InChI=1S/C9H12O3/c1-3-6(2)9-7(10)4-12-5-8(9)11/h3,10H,4-5H2,1-2H3/b6-3+. The van der Waals surface area contributed by atoms with E-state index in [2.05, 4.69) is 0 Å². The number of carbonyl (C=O) groups is 1. The highest BCUT2D eigenvalue weighted by Gasteiger charge is 2.21. The number of aliphatic hydroxyl groups is 1. The van der Waals surface area contributed by atoms with Crippen LogP contribution < -0.4 is 0 Å². The van der Waals surface area contributed by atoms with Gasteiger partial charge in [-0.15, -0.1) is 0 Å². The fraction of sp³-hybridized carbons (Fsp3) is 0.444. The lowest BCUT2D eigenvalue weighted by molar-refractivity contribution is -0.121. The quantitative estimate of drug-likeness (QED) is 0.643. The molecule has 0 aromatic heterocycles. The van der Waals surface area contributed by atoms with Gasteiger partial charge in [0.2, 0.25) is 0 Å². The van der Waals surface area contributed by atoms with Crippen molar-refractivity contribution >= 4 is 5.78 Å². The van der Waals surface area contributed by atoms with E-state index < -0.39 is 0 Å². The number of hydrogen-bond donors (Lipinski definition) is 1. The Labute approximate surface area is 71.3 Å². The topological polar surface area (TPSA) is 46.5 Å². The van der Waals surface area contributed by atoms with Gasteiger partial charge in [0.15, 0.2) is 5.78 Å². The molecule has 0 bridgehead atoms. The van der Waals surface area contributed by atoms with Crippen LogP contribution in [0.5, 0.6) is 0 Å². The average Bonchev–Trinajstić information content (AvgIpc) is 2.03. The molecule has 0 saturated heterocycles. The molecule has 0 aromatic rings. The van der Waals surface area contributed by atoms with Gasteiger partial charge in [0.25, 0.3) is 0 Å². The van der Waals surface area contributed by atoms with Crippen molar-refractivity contribution in [1.82, 2.24) is 0 Å². The van der Waals surface area contributed by atoms with Crippen molar-refractivity contribution in [3.8, 4) is 0 Å². The van der Waals surface area contributed by atoms with E-state index in [0.717, 1.165) is 5.57 Å². The van der Waals surface area contributed by atoms with Gasteiger partial charge in [-0.1, -0.05) is 6.08 Å². The molecule has 1 rings (SSSR count). The molecule has 0 aliphatic carbocycles. The molecule has 3 heteroatoms. The van der Waals surface area contributed by atoms with Gasteiger partial charge in [-0.25, -0.2) is 0 Å². The Balaban J connectivity index is 3.04. The number of allylic oxidation sites excluding steroid dienone is 2. The smallest absolute Gasteiger partial charge is 0.192 e. The van der Waals surface area contributed by atoms with Gasteiger partial charge in [0, 0.05) is 0 Å². The van der Waals surface area contributed by atoms with Crippen molar-refractivity contribution in [2.45, 2.75) is 13.8 Å². The van der Waals surface area contributed by atoms with Crippen LogP contribution in [0.4, 0.5) is 0 Å². The second-order valence-corrected chi connectivity index (χ2v) is 2.71. The molecular formula is C9H12O3. The summed E-state index contributed by atoms with van der Waals surface area (Å²) in [5.41, 5.74) is 1.23. The summed E-state index contributed by atoms with van der Waals surface area (Å²) in [5.74, 6) is -0.101. The average molecular weight is 168 g/mol. The lowest BCUT2D eigenvalue weighted by Crippen LogP contribution is -2.22. The van der Waals surface area contributed by atoms with Gasteiger partial charge in [-0.3, -0.25) is 4.79 Å². The predicted molar refractivity (Wildman–Crippen MR) is 44.9 cm³/mol. The number of ketones is 1. The number of rotatable bonds is 1. The zero-order valence-electron chi connectivity index (χ0n) is 7.26. The second kappa shape index (κ2) is 3.54. The van der Waals surface area contributed by atoms with Gasteiger partial charge in [0.05, 0.1) is 5.57 Å². The molecule has 0 radical (unpaired) electrons. The molecule has 0 amide bonds. The third-order valence-corrected chi connectivity index (χ3v) is 1.87. The van der Waals surface area contributed by atoms with Crippen LogP contribution in [0.15, 0.2) is 23.0 Å². The van der Waals surface area contributed by atoms with E-state index in [9.17, 15) is 9.90 Å². The Kier molecular flexibility index (Phi) is 2.65. The summed E-state index contributed by atoms with van der Waals surface area (Å²) in [6.07, 6.45) is 1.80. The molecule has 12 heavy (non-hydrogen) atoms. The van der Waals surface area contributed by atoms with Crippen LogP contribution >= 0.6 is 0 Å². The normalized spacial score (nSPS) is 20.2. The zero-order chi connectivity index (χ0) is 9.14. The molecular weight excluding hydrogens is 156 g/mol. The van der Waals surface area contributed by atoms with Gasteiger partial charge < -0.3 is 9.84 Å². The van der Waals surface area contributed by atoms with Crippen LogP contribution in [0.2, 0.25) is 0 Å². The van der Waals surface area contributed by atoms with E-state index >= 15 is 0 Å². The Morgan fingerprint density at radius 1 is 1.58 bits per heavy atom. The van der Waals surface area contributed by atoms with Gasteiger partial charge in [-0.2, -0.15) is 0 Å². The Hall–Kier alpha value is -1.09. The van der Waals surface area contributed by atoms with E-state index in [0.29, 0.717) is 5.57 Å². The molecule has 0 unspecified atom stereocenters. The summed E-state index contributed by atoms with van der Waals surface area (Å²) in [6, 6.07) is 0. The molecule has 0 fully saturated rings. The molecule has 3 nitrogen and oxygen atoms in total. The van der Waals surface area contributed by atoms with Crippen molar-refractivity contribution < 1.29 is 14.6 Å². The van der Waals surface area contributed by atoms with E-state index in [1.807, 2.05) is 6.92 Å². The van der Waals surface area contributed by atoms with Crippen molar-refractivity contribution in [2.75, 3.05) is 13.2 Å². The van der Waals surface area contributed by atoms with Crippen LogP contribution in [0.1, 0.15) is 13.8 Å². The van der Waals surface area contributed by atoms with Crippen molar-refractivity contribution in [1.29, 1.82) is 0 Å². The number of hydrogen-bond acceptors (Lipinski definition) is 3. The van der Waals surface area contributed by atoms with E-state index in [4.69, 9.17) is 4.74 Å². The largest absolute Gasteiger partial charge is 0.509 e. The zero-order valence-corrected chi connectivity index (χ0v) is 7.26. The SMILES string of the molecule is C/C=C(\C)C1=C(O)COCC1=O. The fourth-order valence-electron chi connectivity index (χ4n) is 1.14. The van der Waals surface area contributed by atoms with E-state index in [-0.39, 0.29) is 24.8 Å². The summed E-state index contributed by atoms with van der Waals surface area (Å²) in [4.78, 5) is 11.2. The molecule has 1 N–H and O–H groups in total. The lowest BCUT2D eigenvalue weighted by Gasteiger charge is -2.15. The first-order valence-electron chi connectivity index (χ1n) is 3.83. The summed E-state index contributed by atoms with van der Waals surface area (Å²) < 4.78 is 4.83. The molecule has 0 atom stereocenters. The summed E-state index contributed by atoms with van der Waals surface area (Å²) in [5, 5.41) is 9.33. The van der Waals surface area contributed by atoms with Crippen LogP contribution in [-0.4, -0.2) is 24.1 Å². The highest BCUT2D eigenvalue weighted by Crippen LogP contribution is 2.18. The number of Topliss-reactive ketones (excluding diaryl/α,β-unsaturated/α-hetero) is 1. The van der Waals surface area contributed by atoms with Crippen molar-refractivity contribution in [2.24, 2.45) is 0 Å². The first-order chi connectivity index (χ1) is 5.66. The third-order valence-electron chi connectivity index (χ3n) is 1.87. The van der Waals surface area contributed by atoms with Crippen molar-refractivity contribution in [3.05, 3.63) is 23.0 Å². The maximum absolute atomic E-state index is 11.2. The fourth-order valence-corrected chi connectivity index (χ4v) is 1.14. The van der Waals surface area contributed by atoms with Crippen LogP contribution in [-0.2, 0) is 9.53 Å². The lowest BCUT2D eigenvalue weighted by atomic mass is 10.0. The highest BCUT2D eigenvalue weighted by atomic mass is 16.5. The molecule has 1 heterocycles. The molecule has 1 aliphatic heterocycles. The minimum atomic E-state index is -0.144. The third kappa shape index (κ3) is 1.56. The second-order valence-electron chi connectivity index (χ2n) is 2.71. The maximum atomic E-state index is 11.2. The molecule has 1 aliphatic rings. The molecule has 0 aromatic carbocycles. The number of carbonyl (C=O) groups excluding carboxylic acids is 1. The minimum absolute atomic E-state index is 0.0434. The van der Waals surface area contributed by atoms with E-state index in [1.54, 1.807) is 13.0 Å². The van der Waals surface area contributed by atoms with Gasteiger partial charge >= 0.3 is 0 Å². The first kappa shape index (κ1) is 9.00. The molecule has 0 saturated carbocycles. The number of aliphatic hydroxyl groups excluding tert-OH is 1. The number of ether oxygens (including phenoxy) is 1. The molecule has 0 spiro atoms. The minimum Gasteiger partial charge on any atom is -0.509 e. The summed E-state index contributed by atoms with van der Waals surface area (Å²) >= 11 is 0. The predicted octanol–water partition coefficient (Wildman–Crippen LogP) is 1.36. The monoisotopic (exact) mass is 168 g/mol. The molecule has 66 valence electrons. The van der Waals surface area contributed by atoms with Crippen LogP contribution in [0.25, 0.3) is 0 Å². The highest BCUT2D eigenvalue weighted by molar-refractivity contribution is 6.01. The summed E-state index contributed by atoms with van der Waals surface area (Å²) in [6.45, 7) is 3.85. The summed E-state index contributed by atoms with van der Waals surface area (Å²) in [7, 11) is 0. The van der Waals surface area contributed by atoms with Crippen molar-refractivity contribution in [3.63, 3.8) is 0 Å². The Morgan fingerprint density at radius 2 is 2.25 bits per heavy atom. The van der Waals surface area contributed by atoms with E-state index in [1.165, 1.54) is 0 Å².